The molecule has 12 nitrogen and oxygen atoms in total. The zero-order valence-corrected chi connectivity index (χ0v) is 29.7. The van der Waals surface area contributed by atoms with Crippen LogP contribution in [0.25, 0.3) is 0 Å². The molecule has 1 saturated heterocycles. The van der Waals surface area contributed by atoms with Gasteiger partial charge in [0.15, 0.2) is 0 Å². The quantitative estimate of drug-likeness (QED) is 0.291. The molecule has 5 rings (SSSR count). The summed E-state index contributed by atoms with van der Waals surface area (Å²) in [5.74, 6) is -1.43. The van der Waals surface area contributed by atoms with Crippen LogP contribution in [0, 0.1) is 17.3 Å². The highest BCUT2D eigenvalue weighted by atomic mass is 31.2. The van der Waals surface area contributed by atoms with E-state index in [1.807, 2.05) is 19.1 Å². The first kappa shape index (κ1) is 35.9. The fourth-order valence-electron chi connectivity index (χ4n) is 7.30. The van der Waals surface area contributed by atoms with Crippen molar-refractivity contribution in [2.75, 3.05) is 19.3 Å². The lowest BCUT2D eigenvalue weighted by molar-refractivity contribution is -0.142. The molecular weight excluding hydrogens is 635 g/mol. The SMILES string of the molecule is C=C[C@@H]1C[C@]1(NC(=O)[C@@H]1C[C@@H]2CN1C(=O)[C@H](C(C)(C)C)NC(=O)OC[C@@H](C)CCCCc1cccc3c1CN(C3)C(=O)O2)P(=O)(O)CC. The summed E-state index contributed by atoms with van der Waals surface area (Å²) in [6.45, 7) is 13.7. The molecule has 1 saturated carbocycles. The van der Waals surface area contributed by atoms with Gasteiger partial charge in [0.25, 0.3) is 0 Å². The van der Waals surface area contributed by atoms with Crippen LogP contribution in [0.1, 0.15) is 83.4 Å². The summed E-state index contributed by atoms with van der Waals surface area (Å²) in [6, 6.07) is 3.94. The maximum Gasteiger partial charge on any atom is 0.410 e. The van der Waals surface area contributed by atoms with Gasteiger partial charge in [0, 0.05) is 31.6 Å². The number of carbonyl (C=O) groups is 4. The lowest BCUT2D eigenvalue weighted by Gasteiger charge is -2.35. The molecule has 1 aromatic rings. The number of nitrogens with zero attached hydrogens (tertiary/aromatic N) is 2. The first-order valence-electron chi connectivity index (χ1n) is 17.2. The number of nitrogens with one attached hydrogen (secondary N) is 2. The molecular formula is C35H51N4O8P. The molecule has 0 radical (unpaired) electrons. The van der Waals surface area contributed by atoms with Crippen LogP contribution in [0.2, 0.25) is 0 Å². The van der Waals surface area contributed by atoms with Crippen molar-refractivity contribution in [3.05, 3.63) is 47.5 Å². The van der Waals surface area contributed by atoms with Gasteiger partial charge in [-0.3, -0.25) is 19.1 Å². The molecule has 0 aromatic heterocycles. The highest BCUT2D eigenvalue weighted by molar-refractivity contribution is 7.60. The molecule has 4 aliphatic rings. The molecule has 48 heavy (non-hydrogen) atoms. The summed E-state index contributed by atoms with van der Waals surface area (Å²) in [7, 11) is -3.81. The van der Waals surface area contributed by atoms with E-state index in [2.05, 4.69) is 23.3 Å². The Morgan fingerprint density at radius 3 is 2.60 bits per heavy atom. The molecule has 1 aliphatic carbocycles. The van der Waals surface area contributed by atoms with E-state index in [4.69, 9.17) is 9.47 Å². The van der Waals surface area contributed by atoms with E-state index in [0.717, 1.165) is 36.8 Å². The van der Waals surface area contributed by atoms with Gasteiger partial charge in [-0.25, -0.2) is 9.59 Å². The Balaban J connectivity index is 1.44. The number of amides is 4. The number of carbonyl (C=O) groups excluding carboxylic acids is 4. The standard InChI is InChI=1S/C35H51N4O8P/c1-7-25-17-35(25,48(44,45)8-2)37-30(40)28-16-26-19-39(28)31(41)29(34(4,5)6)36-32(42)46-21-22(3)12-9-10-13-23-14-11-15-24-18-38(20-27(23)24)33(43)47-26/h7,11,14-15,22,25-26,28-29H,1,8-10,12-13,16-21H2,2-6H3,(H,36,42)(H,37,40)(H,44,45)/t22-,25+,26+,28-,29+,35-/m0/s1. The lowest BCUT2D eigenvalue weighted by atomic mass is 9.85. The highest BCUT2D eigenvalue weighted by Crippen LogP contribution is 2.69. The van der Waals surface area contributed by atoms with Crippen molar-refractivity contribution in [3.8, 4) is 0 Å². The molecule has 3 heterocycles. The number of alkyl carbamates (subject to hydrolysis) is 1. The summed E-state index contributed by atoms with van der Waals surface area (Å²) < 4.78 is 24.8. The molecule has 264 valence electrons. The topological polar surface area (TPSA) is 155 Å². The minimum Gasteiger partial charge on any atom is -0.449 e. The van der Waals surface area contributed by atoms with Crippen LogP contribution in [0.3, 0.4) is 0 Å². The second-order valence-corrected chi connectivity index (χ2v) is 17.9. The van der Waals surface area contributed by atoms with Crippen LogP contribution in [0.4, 0.5) is 9.59 Å². The van der Waals surface area contributed by atoms with Gasteiger partial charge >= 0.3 is 12.2 Å². The first-order valence-corrected chi connectivity index (χ1v) is 19.0. The van der Waals surface area contributed by atoms with Crippen molar-refractivity contribution < 1.29 is 38.1 Å². The van der Waals surface area contributed by atoms with Crippen molar-refractivity contribution in [2.24, 2.45) is 17.3 Å². The number of hydrogen-bond donors (Lipinski definition) is 3. The molecule has 1 unspecified atom stereocenters. The number of ether oxygens (including phenoxy) is 2. The van der Waals surface area contributed by atoms with Crippen molar-refractivity contribution >= 4 is 31.4 Å². The number of fused-ring (bicyclic) bond motifs is 3. The smallest absolute Gasteiger partial charge is 0.410 e. The molecule has 4 amide bonds. The number of hydrogen-bond acceptors (Lipinski definition) is 7. The summed E-state index contributed by atoms with van der Waals surface area (Å²) in [5, 5.41) is 4.20. The van der Waals surface area contributed by atoms with Gasteiger partial charge in [0.1, 0.15) is 23.5 Å². The average Bonchev–Trinajstić information content (AvgIpc) is 3.35. The fraction of sp³-hybridized carbons (Fsp3) is 0.657. The van der Waals surface area contributed by atoms with Crippen LogP contribution < -0.4 is 10.6 Å². The molecule has 0 spiro atoms. The first-order chi connectivity index (χ1) is 22.6. The highest BCUT2D eigenvalue weighted by Gasteiger charge is 2.65. The number of benzene rings is 1. The number of aryl methyl sites for hydroxylation is 1. The fourth-order valence-corrected chi connectivity index (χ4v) is 9.25. The molecule has 13 heteroatoms. The Labute approximate surface area is 283 Å². The Morgan fingerprint density at radius 2 is 1.94 bits per heavy atom. The van der Waals surface area contributed by atoms with Gasteiger partial charge < -0.3 is 29.9 Å². The Bertz CT molecular complexity index is 1490. The third kappa shape index (κ3) is 7.30. The average molecular weight is 687 g/mol. The maximum atomic E-state index is 14.3. The van der Waals surface area contributed by atoms with Gasteiger partial charge in [-0.15, -0.1) is 6.58 Å². The van der Waals surface area contributed by atoms with E-state index in [1.54, 1.807) is 38.7 Å². The predicted molar refractivity (Wildman–Crippen MR) is 180 cm³/mol. The van der Waals surface area contributed by atoms with E-state index in [-0.39, 0.29) is 38.1 Å². The lowest BCUT2D eigenvalue weighted by Crippen LogP contribution is -2.58. The van der Waals surface area contributed by atoms with Crippen molar-refractivity contribution in [2.45, 2.75) is 110 Å². The summed E-state index contributed by atoms with van der Waals surface area (Å²) in [5.41, 5.74) is 2.62. The minimum atomic E-state index is -3.81. The van der Waals surface area contributed by atoms with Gasteiger partial charge in [-0.05, 0) is 53.7 Å². The van der Waals surface area contributed by atoms with E-state index in [1.165, 1.54) is 10.5 Å². The zero-order valence-electron chi connectivity index (χ0n) is 28.8. The molecule has 2 fully saturated rings. The van der Waals surface area contributed by atoms with Crippen molar-refractivity contribution in [1.29, 1.82) is 0 Å². The Morgan fingerprint density at radius 1 is 1.21 bits per heavy atom. The third-order valence-corrected chi connectivity index (χ3v) is 13.1. The normalized spacial score (nSPS) is 31.2. The maximum absolute atomic E-state index is 14.3. The largest absolute Gasteiger partial charge is 0.449 e. The van der Waals surface area contributed by atoms with Gasteiger partial charge in [0.05, 0.1) is 13.2 Å². The second kappa shape index (κ2) is 13.9. The van der Waals surface area contributed by atoms with Crippen molar-refractivity contribution in [1.82, 2.24) is 20.4 Å². The summed E-state index contributed by atoms with van der Waals surface area (Å²) >= 11 is 0. The van der Waals surface area contributed by atoms with Crippen LogP contribution in [0.5, 0.6) is 0 Å². The van der Waals surface area contributed by atoms with E-state index >= 15 is 0 Å². The van der Waals surface area contributed by atoms with Gasteiger partial charge in [-0.1, -0.05) is 65.3 Å². The molecule has 3 N–H and O–H groups in total. The Hall–Kier alpha value is -3.37. The van der Waals surface area contributed by atoms with E-state index in [0.29, 0.717) is 13.1 Å². The van der Waals surface area contributed by atoms with Gasteiger partial charge in [0.2, 0.25) is 19.2 Å². The number of rotatable bonds is 5. The predicted octanol–water partition coefficient (Wildman–Crippen LogP) is 4.92. The van der Waals surface area contributed by atoms with Crippen molar-refractivity contribution in [3.63, 3.8) is 0 Å². The van der Waals surface area contributed by atoms with Crippen LogP contribution in [-0.2, 0) is 43.1 Å². The summed E-state index contributed by atoms with van der Waals surface area (Å²) in [6.07, 6.45) is 3.32. The number of cyclic esters (lactones) is 1. The monoisotopic (exact) mass is 686 g/mol. The molecule has 1 aromatic carbocycles. The molecule has 3 aliphatic heterocycles. The molecule has 7 atom stereocenters. The van der Waals surface area contributed by atoms with Crippen LogP contribution >= 0.6 is 7.37 Å². The van der Waals surface area contributed by atoms with E-state index in [9.17, 15) is 28.6 Å². The van der Waals surface area contributed by atoms with E-state index < -0.39 is 66.2 Å². The minimum absolute atomic E-state index is 0.00906. The zero-order chi connectivity index (χ0) is 35.0. The van der Waals surface area contributed by atoms with Crippen LogP contribution in [0.15, 0.2) is 30.9 Å². The van der Waals surface area contributed by atoms with Crippen LogP contribution in [-0.4, -0.2) is 81.5 Å². The molecule has 4 bridgehead atoms. The Kier molecular flexibility index (Phi) is 10.4. The third-order valence-electron chi connectivity index (χ3n) is 10.4. The van der Waals surface area contributed by atoms with Gasteiger partial charge in [-0.2, -0.15) is 0 Å². The summed E-state index contributed by atoms with van der Waals surface area (Å²) in [4.78, 5) is 68.8. The second-order valence-electron chi connectivity index (χ2n) is 15.0.